The van der Waals surface area contributed by atoms with E-state index in [0.29, 0.717) is 34.4 Å². The van der Waals surface area contributed by atoms with E-state index in [0.717, 1.165) is 11.4 Å². The number of carboxylic acids is 1. The van der Waals surface area contributed by atoms with Crippen molar-refractivity contribution in [3.8, 4) is 33.9 Å². The van der Waals surface area contributed by atoms with E-state index in [4.69, 9.17) is 37.1 Å². The van der Waals surface area contributed by atoms with E-state index in [1.807, 2.05) is 37.3 Å². The molecule has 0 atom stereocenters. The molecule has 2 aliphatic rings. The van der Waals surface area contributed by atoms with Crippen molar-refractivity contribution < 1.29 is 66.3 Å². The van der Waals surface area contributed by atoms with Gasteiger partial charge in [-0.05, 0) is 86.6 Å². The number of hydrogen-bond donors (Lipinski definition) is 2. The third-order valence-electron chi connectivity index (χ3n) is 7.49. The summed E-state index contributed by atoms with van der Waals surface area (Å²) < 4.78 is 51.7. The molecule has 0 saturated carbocycles. The van der Waals surface area contributed by atoms with E-state index in [-0.39, 0.29) is 79.9 Å². The van der Waals surface area contributed by atoms with Gasteiger partial charge in [0.1, 0.15) is 27.7 Å². The summed E-state index contributed by atoms with van der Waals surface area (Å²) in [6, 6.07) is 24.6. The average Bonchev–Trinajstić information content (AvgIpc) is 3.06. The largest absolute Gasteiger partial charge is 1.00 e. The fourth-order valence-electron chi connectivity index (χ4n) is 5.45. The van der Waals surface area contributed by atoms with Crippen molar-refractivity contribution >= 4 is 67.3 Å². The number of nitrogens with one attached hydrogen (secondary N) is 1. The van der Waals surface area contributed by atoms with Crippen LogP contribution in [0.25, 0.3) is 33.4 Å². The second-order valence-electron chi connectivity index (χ2n) is 10.7. The van der Waals surface area contributed by atoms with Crippen LogP contribution in [-0.2, 0) is 10.1 Å². The van der Waals surface area contributed by atoms with Crippen LogP contribution in [-0.4, -0.2) is 32.2 Å². The summed E-state index contributed by atoms with van der Waals surface area (Å²) in [6.45, 7) is 4.48. The number of ether oxygens (including phenoxy) is 2. The number of anilines is 2. The van der Waals surface area contributed by atoms with Crippen LogP contribution < -0.4 is 54.8 Å². The van der Waals surface area contributed by atoms with Crippen molar-refractivity contribution in [2.24, 2.45) is 4.99 Å². The van der Waals surface area contributed by atoms with E-state index in [2.05, 4.69) is 10.3 Å². The number of hydrogen-bond acceptors (Lipinski definition) is 9. The molecule has 4 aromatic carbocycles. The fourth-order valence-corrected chi connectivity index (χ4v) is 6.58. The number of aromatic carboxylic acids is 1. The van der Waals surface area contributed by atoms with Crippen molar-refractivity contribution in [3.05, 3.63) is 112 Å². The van der Waals surface area contributed by atoms with Crippen LogP contribution in [0.1, 0.15) is 24.2 Å². The monoisotopic (exact) mass is 740 g/mol. The maximum atomic E-state index is 12.4. The molecule has 4 aromatic rings. The van der Waals surface area contributed by atoms with E-state index >= 15 is 0 Å². The zero-order chi connectivity index (χ0) is 34.9. The Morgan fingerprint density at radius 1 is 0.840 bits per heavy atom. The topological polar surface area (TPSA) is 150 Å². The summed E-state index contributed by atoms with van der Waals surface area (Å²) in [5.41, 5.74) is 2.50. The minimum Gasteiger partial charge on any atom is -0.545 e. The number of benzene rings is 5. The van der Waals surface area contributed by atoms with E-state index in [9.17, 15) is 22.9 Å². The average molecular weight is 742 g/mol. The minimum absolute atomic E-state index is 0. The normalized spacial score (nSPS) is 11.7. The molecule has 2 N–H and O–H groups in total. The molecule has 0 bridgehead atoms. The number of carbonyl (C=O) groups excluding carboxylic acids is 1. The molecular weight excluding hydrogens is 714 g/mol. The first-order chi connectivity index (χ1) is 23.5. The zero-order valence-corrected chi connectivity index (χ0v) is 31.3. The Labute approximate surface area is 319 Å². The molecule has 0 radical (unpaired) electrons. The molecule has 0 aromatic heterocycles. The summed E-state index contributed by atoms with van der Waals surface area (Å²) in [5.74, 6) is -0.273. The third-order valence-corrected chi connectivity index (χ3v) is 9.00. The number of rotatable bonds is 10. The van der Waals surface area contributed by atoms with Crippen molar-refractivity contribution in [3.63, 3.8) is 0 Å². The number of carboxylic acid groups (broad SMARTS) is 1. The first kappa shape index (κ1) is 37.2. The van der Waals surface area contributed by atoms with Crippen molar-refractivity contribution in [1.82, 2.24) is 0 Å². The molecule has 10 nitrogen and oxygen atoms in total. The summed E-state index contributed by atoms with van der Waals surface area (Å²) in [4.78, 5) is 16.5. The molecule has 1 heterocycles. The van der Waals surface area contributed by atoms with E-state index < -0.39 is 21.0 Å². The minimum atomic E-state index is -4.67. The van der Waals surface area contributed by atoms with Crippen molar-refractivity contribution in [2.45, 2.75) is 18.7 Å². The summed E-state index contributed by atoms with van der Waals surface area (Å²) in [6.07, 6.45) is 0. The van der Waals surface area contributed by atoms with Crippen LogP contribution in [0.15, 0.2) is 105 Å². The molecule has 250 valence electrons. The second kappa shape index (κ2) is 15.4. The second-order valence-corrected chi connectivity index (χ2v) is 12.9. The van der Waals surface area contributed by atoms with Gasteiger partial charge in [-0.1, -0.05) is 23.2 Å². The summed E-state index contributed by atoms with van der Waals surface area (Å²) in [5, 5.41) is 16.6. The standard InChI is InChI=1S/C36H28Cl2N2O8S.Na/c1-3-46-23-9-5-20(6-10-23)39-21-7-12-25-30(17-21)48-31-18-22(40-29-16-11-24(47-4-2)19-32(29)49(43,44)45)8-13-26(31)33(25)34-27(37)14-15-28(38)35(34)36(41)42;/h5-19,39H,3-4H2,1-2H3,(H,41,42)(H,43,44,45);/q;+1/p-1. The Balaban J connectivity index is 0.00000486. The Hall–Kier alpha value is -4.07. The molecule has 0 fully saturated rings. The molecule has 14 heteroatoms. The maximum Gasteiger partial charge on any atom is 1.00 e. The smallest absolute Gasteiger partial charge is 0.545 e. The molecule has 0 unspecified atom stereocenters. The van der Waals surface area contributed by atoms with Crippen molar-refractivity contribution in [1.29, 1.82) is 0 Å². The number of halogens is 2. The Bertz CT molecular complexity index is 2380. The Morgan fingerprint density at radius 3 is 2.18 bits per heavy atom. The van der Waals surface area contributed by atoms with Gasteiger partial charge >= 0.3 is 29.6 Å². The quantitative estimate of drug-likeness (QED) is 0.114. The predicted octanol–water partition coefficient (Wildman–Crippen LogP) is 4.90. The zero-order valence-electron chi connectivity index (χ0n) is 27.0. The number of carbonyl (C=O) groups is 1. The molecule has 6 rings (SSSR count). The summed E-state index contributed by atoms with van der Waals surface area (Å²) in [7, 11) is -4.67. The molecule has 0 saturated heterocycles. The fraction of sp³-hybridized carbons (Fsp3) is 0.111. The first-order valence-electron chi connectivity index (χ1n) is 15.0. The van der Waals surface area contributed by atoms with Crippen LogP contribution in [0.4, 0.5) is 17.1 Å². The molecule has 50 heavy (non-hydrogen) atoms. The van der Waals surface area contributed by atoms with Crippen LogP contribution in [0.3, 0.4) is 0 Å². The van der Waals surface area contributed by atoms with Gasteiger partial charge in [-0.3, -0.25) is 4.55 Å². The third kappa shape index (κ3) is 7.79. The Morgan fingerprint density at radius 2 is 1.50 bits per heavy atom. The van der Waals surface area contributed by atoms with Crippen LogP contribution in [0.2, 0.25) is 10.0 Å². The molecule has 1 aliphatic carbocycles. The molecular formula is C36H27Cl2N2NaO8S. The van der Waals surface area contributed by atoms with Gasteiger partial charge in [0.25, 0.3) is 10.1 Å². The maximum absolute atomic E-state index is 12.4. The van der Waals surface area contributed by atoms with Crippen LogP contribution in [0.5, 0.6) is 11.5 Å². The molecule has 0 spiro atoms. The predicted molar refractivity (Wildman–Crippen MR) is 186 cm³/mol. The van der Waals surface area contributed by atoms with E-state index in [1.54, 1.807) is 37.3 Å². The van der Waals surface area contributed by atoms with Crippen LogP contribution >= 0.6 is 23.2 Å². The van der Waals surface area contributed by atoms with Gasteiger partial charge in [0.2, 0.25) is 0 Å². The molecule has 1 aliphatic heterocycles. The first-order valence-corrected chi connectivity index (χ1v) is 17.2. The summed E-state index contributed by atoms with van der Waals surface area (Å²) >= 11 is 13.1. The number of fused-ring (bicyclic) bond motifs is 2. The van der Waals surface area contributed by atoms with E-state index in [1.165, 1.54) is 30.3 Å². The van der Waals surface area contributed by atoms with Gasteiger partial charge < -0.3 is 29.1 Å². The van der Waals surface area contributed by atoms with Gasteiger partial charge in [0.15, 0.2) is 0 Å². The van der Waals surface area contributed by atoms with Crippen molar-refractivity contribution in [2.75, 3.05) is 18.5 Å². The SMILES string of the molecule is CCOc1ccc(Nc2ccc3c(-c4c(Cl)ccc(Cl)c4C(=O)[O-])c4ccc(=Nc5ccc(OCC)cc5S(=O)(=O)O)cc-4oc3c2)cc1.[Na+]. The molecule has 0 amide bonds. The Kier molecular flexibility index (Phi) is 11.5. The van der Waals surface area contributed by atoms with Gasteiger partial charge in [0.05, 0.1) is 35.3 Å². The van der Waals surface area contributed by atoms with Crippen LogP contribution in [0, 0.1) is 0 Å². The van der Waals surface area contributed by atoms with Gasteiger partial charge in [0, 0.05) is 62.2 Å². The number of nitrogens with zero attached hydrogens (tertiary/aromatic N) is 1. The van der Waals surface area contributed by atoms with Gasteiger partial charge in [-0.2, -0.15) is 8.42 Å². The van der Waals surface area contributed by atoms with Gasteiger partial charge in [-0.25, -0.2) is 4.99 Å². The van der Waals surface area contributed by atoms with Gasteiger partial charge in [-0.15, -0.1) is 0 Å².